The minimum Gasteiger partial charge on any atom is -0.336 e. The van der Waals surface area contributed by atoms with E-state index in [1.165, 1.54) is 42.4 Å². The number of H-pyrrole nitrogens is 1. The molecule has 0 aliphatic carbocycles. The number of benzene rings is 3. The van der Waals surface area contributed by atoms with E-state index in [9.17, 15) is 27.2 Å². The number of likely N-dealkylation sites (tertiary alicyclic amines) is 1. The van der Waals surface area contributed by atoms with Gasteiger partial charge in [-0.05, 0) is 78.0 Å². The van der Waals surface area contributed by atoms with Crippen molar-refractivity contribution in [1.82, 2.24) is 29.5 Å². The number of nitrogens with one attached hydrogen (secondary N) is 1. The van der Waals surface area contributed by atoms with E-state index in [0.717, 1.165) is 60.3 Å². The van der Waals surface area contributed by atoms with Gasteiger partial charge in [0, 0.05) is 49.3 Å². The fourth-order valence-corrected chi connectivity index (χ4v) is 7.20. The predicted octanol–water partition coefficient (Wildman–Crippen LogP) is 7.75. The van der Waals surface area contributed by atoms with Crippen LogP contribution in [0.5, 0.6) is 0 Å². The number of hydrogen-bond acceptors (Lipinski definition) is 6. The van der Waals surface area contributed by atoms with Gasteiger partial charge in [0.15, 0.2) is 5.16 Å². The van der Waals surface area contributed by atoms with E-state index >= 15 is 0 Å². The molecular weight excluding hydrogens is 693 g/mol. The highest BCUT2D eigenvalue weighted by Crippen LogP contribution is 2.31. The molecule has 272 valence electrons. The molecule has 1 fully saturated rings. The van der Waals surface area contributed by atoms with E-state index in [1.807, 2.05) is 36.1 Å². The summed E-state index contributed by atoms with van der Waals surface area (Å²) in [6, 6.07) is 18.7. The Hall–Kier alpha value is -4.75. The number of hydrogen-bond donors (Lipinski definition) is 1. The molecule has 0 saturated carbocycles. The molecule has 3 heterocycles. The molecule has 1 atom stereocenters. The first-order valence-corrected chi connectivity index (χ1v) is 18.3. The van der Waals surface area contributed by atoms with Crippen molar-refractivity contribution >= 4 is 17.7 Å². The van der Waals surface area contributed by atoms with E-state index in [0.29, 0.717) is 41.7 Å². The van der Waals surface area contributed by atoms with Crippen LogP contribution in [0.25, 0.3) is 11.1 Å². The monoisotopic (exact) mass is 732 g/mol. The van der Waals surface area contributed by atoms with Crippen LogP contribution in [-0.2, 0) is 29.8 Å². The Labute approximate surface area is 303 Å². The first kappa shape index (κ1) is 37.0. The van der Waals surface area contributed by atoms with Crippen LogP contribution >= 0.6 is 11.8 Å². The van der Waals surface area contributed by atoms with Gasteiger partial charge < -0.3 is 14.4 Å². The average Bonchev–Trinajstić information content (AvgIpc) is 3.69. The van der Waals surface area contributed by atoms with Gasteiger partial charge in [-0.3, -0.25) is 14.7 Å². The molecule has 0 bridgehead atoms. The third kappa shape index (κ3) is 9.56. The third-order valence-electron chi connectivity index (χ3n) is 9.42. The molecule has 0 radical (unpaired) electrons. The van der Waals surface area contributed by atoms with E-state index in [4.69, 9.17) is 0 Å². The molecule has 8 nitrogen and oxygen atoms in total. The summed E-state index contributed by atoms with van der Waals surface area (Å²) in [6.45, 7) is 5.31. The van der Waals surface area contributed by atoms with Gasteiger partial charge in [-0.2, -0.15) is 23.3 Å². The van der Waals surface area contributed by atoms with E-state index in [-0.39, 0.29) is 24.2 Å². The maximum Gasteiger partial charge on any atom is 0.416 e. The molecule has 5 aromatic rings. The summed E-state index contributed by atoms with van der Waals surface area (Å²) < 4.78 is 54.5. The van der Waals surface area contributed by atoms with Gasteiger partial charge >= 0.3 is 6.18 Å². The fourth-order valence-electron chi connectivity index (χ4n) is 6.28. The second-order valence-corrected chi connectivity index (χ2v) is 14.0. The summed E-state index contributed by atoms with van der Waals surface area (Å²) >= 11 is 1.30. The summed E-state index contributed by atoms with van der Waals surface area (Å²) in [6.07, 6.45) is 4.12. The number of halogens is 4. The number of nitrogens with zero attached hydrogens (tertiary/aromatic N) is 5. The molecule has 1 N–H and O–H groups in total. The van der Waals surface area contributed by atoms with Crippen LogP contribution in [0.15, 0.2) is 101 Å². The standard InChI is InChI=1S/C39H40F4N6O2S/c1-27(32-21-44-45-22-32)35-24-49(38(46-37(35)51)52-26-29-7-15-34(40)16-8-29)25-36(50)48(20-19-47-17-3-2-4-18-47)23-28-5-9-30(10-6-28)31-11-13-33(14-12-31)39(41,42)43/h5-16,21-22,24,27H,2-4,17-20,23,25-26H2,1H3,(H,44,45). The van der Waals surface area contributed by atoms with Gasteiger partial charge in [0.25, 0.3) is 5.56 Å². The zero-order chi connectivity index (χ0) is 36.7. The lowest BCUT2D eigenvalue weighted by Gasteiger charge is -2.30. The van der Waals surface area contributed by atoms with Gasteiger partial charge in [-0.1, -0.05) is 73.6 Å². The molecule has 2 aromatic heterocycles. The molecule has 1 aliphatic heterocycles. The van der Waals surface area contributed by atoms with Gasteiger partial charge in [0.2, 0.25) is 5.91 Å². The lowest BCUT2D eigenvalue weighted by Crippen LogP contribution is -2.41. The van der Waals surface area contributed by atoms with Crippen molar-refractivity contribution in [1.29, 1.82) is 0 Å². The van der Waals surface area contributed by atoms with Gasteiger partial charge in [0.05, 0.1) is 11.8 Å². The van der Waals surface area contributed by atoms with Crippen molar-refractivity contribution in [2.75, 3.05) is 26.2 Å². The Morgan fingerprint density at radius 2 is 1.60 bits per heavy atom. The molecule has 1 unspecified atom stereocenters. The quantitative estimate of drug-likeness (QED) is 0.0758. The zero-order valence-electron chi connectivity index (χ0n) is 28.8. The van der Waals surface area contributed by atoms with Crippen molar-refractivity contribution in [2.24, 2.45) is 0 Å². The smallest absolute Gasteiger partial charge is 0.336 e. The van der Waals surface area contributed by atoms with E-state index in [2.05, 4.69) is 20.1 Å². The molecule has 1 saturated heterocycles. The summed E-state index contributed by atoms with van der Waals surface area (Å²) in [5.41, 5.74) is 3.30. The molecular formula is C39H40F4N6O2S. The molecule has 1 amide bonds. The SMILES string of the molecule is CC(c1cn[nH]c1)c1cn(CC(=O)N(CCN2CCCCC2)Cc2ccc(-c3ccc(C(F)(F)F)cc3)cc2)c(SCc2ccc(F)cc2)nc1=O. The number of carbonyl (C=O) groups is 1. The molecule has 52 heavy (non-hydrogen) atoms. The number of aromatic nitrogens is 4. The minimum absolute atomic E-state index is 0.0617. The second-order valence-electron chi connectivity index (χ2n) is 13.1. The normalized spacial score (nSPS) is 14.3. The minimum atomic E-state index is -4.40. The van der Waals surface area contributed by atoms with Crippen LogP contribution in [0, 0.1) is 5.82 Å². The van der Waals surface area contributed by atoms with Crippen molar-refractivity contribution in [3.05, 3.63) is 135 Å². The summed E-state index contributed by atoms with van der Waals surface area (Å²) in [5, 5.41) is 7.18. The number of amides is 1. The first-order valence-electron chi connectivity index (χ1n) is 17.3. The summed E-state index contributed by atoms with van der Waals surface area (Å²) in [4.78, 5) is 36.2. The number of piperidine rings is 1. The highest BCUT2D eigenvalue weighted by atomic mass is 32.2. The van der Waals surface area contributed by atoms with Crippen LogP contribution in [0.3, 0.4) is 0 Å². The van der Waals surface area contributed by atoms with E-state index < -0.39 is 17.3 Å². The third-order valence-corrected chi connectivity index (χ3v) is 10.5. The van der Waals surface area contributed by atoms with Gasteiger partial charge in [-0.15, -0.1) is 0 Å². The lowest BCUT2D eigenvalue weighted by atomic mass is 9.98. The van der Waals surface area contributed by atoms with E-state index in [1.54, 1.807) is 35.3 Å². The first-order chi connectivity index (χ1) is 25.0. The number of alkyl halides is 3. The molecule has 0 spiro atoms. The number of thioether (sulfide) groups is 1. The highest BCUT2D eigenvalue weighted by Gasteiger charge is 2.30. The Kier molecular flexibility index (Phi) is 11.9. The Balaban J connectivity index is 1.25. The zero-order valence-corrected chi connectivity index (χ0v) is 29.6. The number of rotatable bonds is 13. The number of aromatic amines is 1. The van der Waals surface area contributed by atoms with Crippen molar-refractivity contribution in [3.8, 4) is 11.1 Å². The second kappa shape index (κ2) is 16.7. The van der Waals surface area contributed by atoms with Crippen LogP contribution < -0.4 is 5.56 Å². The van der Waals surface area contributed by atoms with Crippen molar-refractivity contribution in [3.63, 3.8) is 0 Å². The van der Waals surface area contributed by atoms with Crippen LogP contribution in [0.1, 0.15) is 59.9 Å². The summed E-state index contributed by atoms with van der Waals surface area (Å²) in [5.74, 6) is -0.401. The topological polar surface area (TPSA) is 87.1 Å². The largest absolute Gasteiger partial charge is 0.416 e. The predicted molar refractivity (Wildman–Crippen MR) is 193 cm³/mol. The molecule has 13 heteroatoms. The highest BCUT2D eigenvalue weighted by molar-refractivity contribution is 7.98. The molecule has 3 aromatic carbocycles. The van der Waals surface area contributed by atoms with Gasteiger partial charge in [-0.25, -0.2) is 4.39 Å². The molecule has 6 rings (SSSR count). The molecule has 1 aliphatic rings. The maximum atomic E-state index is 14.3. The average molecular weight is 733 g/mol. The summed E-state index contributed by atoms with van der Waals surface area (Å²) in [7, 11) is 0. The maximum absolute atomic E-state index is 14.3. The van der Waals surface area contributed by atoms with Crippen molar-refractivity contribution in [2.45, 2.75) is 62.3 Å². The Morgan fingerprint density at radius 1 is 0.942 bits per heavy atom. The fraction of sp³-hybridized carbons (Fsp3) is 0.333. The van der Waals surface area contributed by atoms with Crippen LogP contribution in [0.4, 0.5) is 17.6 Å². The van der Waals surface area contributed by atoms with Gasteiger partial charge in [0.1, 0.15) is 12.4 Å². The lowest BCUT2D eigenvalue weighted by molar-refractivity contribution is -0.137. The Morgan fingerprint density at radius 3 is 2.23 bits per heavy atom. The van der Waals surface area contributed by atoms with Crippen LogP contribution in [0.2, 0.25) is 0 Å². The Bertz CT molecular complexity index is 1980. The van der Waals surface area contributed by atoms with Crippen molar-refractivity contribution < 1.29 is 22.4 Å². The number of carbonyl (C=O) groups excluding carboxylic acids is 1. The van der Waals surface area contributed by atoms with Crippen LogP contribution in [-0.4, -0.2) is 61.6 Å².